The van der Waals surface area contributed by atoms with Gasteiger partial charge in [-0.3, -0.25) is 52.7 Å². The van der Waals surface area contributed by atoms with Gasteiger partial charge in [0.25, 0.3) is 5.91 Å². The highest BCUT2D eigenvalue weighted by Gasteiger charge is 2.41. The lowest BCUT2D eigenvalue weighted by Crippen LogP contribution is -2.65. The van der Waals surface area contributed by atoms with Crippen molar-refractivity contribution in [1.82, 2.24) is 63.0 Å². The summed E-state index contributed by atoms with van der Waals surface area (Å²) in [6, 6.07) is 0.475. The number of nitrogens with zero attached hydrogens (tertiary/aromatic N) is 2. The fourth-order valence-corrected chi connectivity index (χ4v) is 10.5. The molecule has 2 aromatic rings. The number of nitrogens with one attached hydrogen (secondary N) is 10. The van der Waals surface area contributed by atoms with E-state index in [1.165, 1.54) is 60.8 Å². The van der Waals surface area contributed by atoms with Gasteiger partial charge in [-0.1, -0.05) is 61.3 Å². The van der Waals surface area contributed by atoms with E-state index < -0.39 is 106 Å². The molecule has 6 atom stereocenters. The Labute approximate surface area is 543 Å². The van der Waals surface area contributed by atoms with Gasteiger partial charge < -0.3 is 72.1 Å². The molecule has 1 aliphatic rings. The fraction of sp³-hybridized carbons (Fsp3) is 0.697. The van der Waals surface area contributed by atoms with E-state index in [0.717, 1.165) is 12.8 Å². The van der Waals surface area contributed by atoms with E-state index in [2.05, 4.69) is 53.2 Å². The van der Waals surface area contributed by atoms with Crippen molar-refractivity contribution in [2.24, 2.45) is 17.8 Å². The third-order valence-electron chi connectivity index (χ3n) is 15.6. The highest BCUT2D eigenvalue weighted by molar-refractivity contribution is 6.00. The van der Waals surface area contributed by atoms with Crippen LogP contribution in [0.25, 0.3) is 11.0 Å². The number of likely N-dealkylation sites (N-methyl/N-ethyl adjacent to an activating group) is 1. The summed E-state index contributed by atoms with van der Waals surface area (Å²) in [4.78, 5) is 168. The van der Waals surface area contributed by atoms with Crippen LogP contribution in [0.3, 0.4) is 0 Å². The summed E-state index contributed by atoms with van der Waals surface area (Å²) in [5.74, 6) is -6.52. The molecule has 1 aromatic heterocycles. The summed E-state index contributed by atoms with van der Waals surface area (Å²) >= 11 is 0. The molecule has 0 saturated carbocycles. The summed E-state index contributed by atoms with van der Waals surface area (Å²) < 4.78 is 10.6. The average molecular weight is 1290 g/mol. The monoisotopic (exact) mass is 1290 g/mol. The number of fused-ring (bicyclic) bond motifs is 1. The third kappa shape index (κ3) is 25.8. The van der Waals surface area contributed by atoms with Crippen LogP contribution in [-0.4, -0.2) is 175 Å². The number of rotatable bonds is 38. The standard InChI is InChI=1S/C66H108N12O14/c1-18-19-20-26-53(80)78-32-23-25-50(78)59(86)70-46(24-21-22-30-67-54(81)45-36-43-27-28-44(91-17)37-51(43)92-60(45)87)55(82)71-48(34-40(4)5)57(84)74-65(11,12)62(89)73-47(33-39(2)3)56(83)72-49(35-41(6)7)58(85)75-66(13,14)63(90)76-64(9,10)61(88)68-31-29-52(79)69-42(8)38-77(15)16/h27-28,36-37,39-42,46-50H,18-26,29-35,38H2,1-17H3,(H,67,81)(H,68,88)(H,69,79)(H,70,86)(H,71,82)(H,72,83)(H,73,89)(H,74,84)(H,75,85)(H,76,90)/t42?,46?,47?,48?,49?,50-/m0/s1. The maximum absolute atomic E-state index is 14.5. The molecule has 516 valence electrons. The van der Waals surface area contributed by atoms with Crippen LogP contribution in [-0.2, 0) is 47.9 Å². The van der Waals surface area contributed by atoms with Gasteiger partial charge in [0, 0.05) is 56.5 Å². The van der Waals surface area contributed by atoms with Crippen molar-refractivity contribution in [2.45, 2.75) is 233 Å². The van der Waals surface area contributed by atoms with Gasteiger partial charge in [-0.2, -0.15) is 0 Å². The van der Waals surface area contributed by atoms with E-state index >= 15 is 0 Å². The van der Waals surface area contributed by atoms with Crippen LogP contribution in [0.15, 0.2) is 33.5 Å². The number of hydrogen-bond acceptors (Lipinski definition) is 15. The molecule has 1 fully saturated rings. The van der Waals surface area contributed by atoms with E-state index in [-0.39, 0.29) is 105 Å². The van der Waals surface area contributed by atoms with Crippen molar-refractivity contribution in [3.05, 3.63) is 40.2 Å². The van der Waals surface area contributed by atoms with Gasteiger partial charge in [0.2, 0.25) is 59.1 Å². The Morgan fingerprint density at radius 1 is 0.620 bits per heavy atom. The first-order chi connectivity index (χ1) is 42.9. The van der Waals surface area contributed by atoms with Gasteiger partial charge in [0.15, 0.2) is 0 Å². The van der Waals surface area contributed by atoms with Gasteiger partial charge in [-0.15, -0.1) is 0 Å². The smallest absolute Gasteiger partial charge is 0.349 e. The number of unbranched alkanes of at least 4 members (excludes halogenated alkanes) is 3. The zero-order valence-electron chi connectivity index (χ0n) is 57.6. The Morgan fingerprint density at radius 3 is 1.73 bits per heavy atom. The first kappa shape index (κ1) is 78.6. The average Bonchev–Trinajstić information content (AvgIpc) is 0.931. The van der Waals surface area contributed by atoms with Gasteiger partial charge in [-0.25, -0.2) is 4.79 Å². The quantitative estimate of drug-likeness (QED) is 0.0339. The van der Waals surface area contributed by atoms with Crippen molar-refractivity contribution in [3.63, 3.8) is 0 Å². The lowest BCUT2D eigenvalue weighted by molar-refractivity contribution is -0.140. The van der Waals surface area contributed by atoms with Crippen LogP contribution in [0.4, 0.5) is 0 Å². The molecular weight excluding hydrogens is 1180 g/mol. The highest BCUT2D eigenvalue weighted by atomic mass is 16.5. The van der Waals surface area contributed by atoms with Crippen molar-refractivity contribution in [3.8, 4) is 5.75 Å². The molecule has 11 amide bonds. The van der Waals surface area contributed by atoms with Gasteiger partial charge in [0.05, 0.1) is 7.11 Å². The number of likely N-dealkylation sites (tertiary alicyclic amines) is 1. The number of benzene rings is 1. The molecule has 0 aliphatic carbocycles. The normalized spacial score (nSPS) is 15.2. The van der Waals surface area contributed by atoms with Gasteiger partial charge in [-0.05, 0) is 156 Å². The van der Waals surface area contributed by atoms with E-state index in [1.807, 2.05) is 74.4 Å². The minimum atomic E-state index is -1.71. The molecule has 1 saturated heterocycles. The number of ether oxygens (including phenoxy) is 1. The van der Waals surface area contributed by atoms with Crippen LogP contribution < -0.4 is 63.5 Å². The second-order valence-electron chi connectivity index (χ2n) is 27.4. The largest absolute Gasteiger partial charge is 0.497 e. The summed E-state index contributed by atoms with van der Waals surface area (Å²) in [5.41, 5.74) is -5.60. The Bertz CT molecular complexity index is 2940. The SMILES string of the molecule is CCCCCC(=O)N1CCC[C@H]1C(=O)NC(CCCCNC(=O)c1cc2ccc(OC)cc2oc1=O)C(=O)NC(CC(C)C)C(=O)NC(C)(C)C(=O)NC(CC(C)C)C(=O)NC(CC(C)C)C(=O)NC(C)(C)C(=O)NC(C)(C)C(=O)NCCC(=O)NC(C)CN(C)C. The van der Waals surface area contributed by atoms with Crippen LogP contribution in [0, 0.1) is 17.8 Å². The van der Waals surface area contributed by atoms with Crippen LogP contribution >= 0.6 is 0 Å². The highest BCUT2D eigenvalue weighted by Crippen LogP contribution is 2.23. The minimum absolute atomic E-state index is 0.0125. The zero-order chi connectivity index (χ0) is 69.4. The summed E-state index contributed by atoms with van der Waals surface area (Å²) in [5, 5.41) is 28.1. The lowest BCUT2D eigenvalue weighted by atomic mass is 9.96. The Balaban J connectivity index is 1.77. The maximum atomic E-state index is 14.5. The number of methoxy groups -OCH3 is 1. The third-order valence-corrected chi connectivity index (χ3v) is 15.6. The number of amides is 11. The molecule has 2 heterocycles. The maximum Gasteiger partial charge on any atom is 0.349 e. The molecule has 0 bridgehead atoms. The predicted molar refractivity (Wildman–Crippen MR) is 351 cm³/mol. The summed E-state index contributed by atoms with van der Waals surface area (Å²) in [6.07, 6.45) is 4.66. The van der Waals surface area contributed by atoms with Crippen LogP contribution in [0.2, 0.25) is 0 Å². The molecule has 26 nitrogen and oxygen atoms in total. The molecule has 1 aromatic carbocycles. The lowest BCUT2D eigenvalue weighted by Gasteiger charge is -2.34. The second kappa shape index (κ2) is 36.6. The van der Waals surface area contributed by atoms with Crippen LogP contribution in [0.1, 0.15) is 191 Å². The Kier molecular flexibility index (Phi) is 31.2. The number of carbonyl (C=O) groups excluding carboxylic acids is 11. The number of carbonyl (C=O) groups is 11. The first-order valence-electron chi connectivity index (χ1n) is 32.5. The van der Waals surface area contributed by atoms with Crippen molar-refractivity contribution >= 4 is 75.9 Å². The molecule has 3 rings (SSSR count). The molecule has 92 heavy (non-hydrogen) atoms. The first-order valence-corrected chi connectivity index (χ1v) is 32.5. The summed E-state index contributed by atoms with van der Waals surface area (Å²) in [7, 11) is 5.25. The Morgan fingerprint density at radius 2 is 1.17 bits per heavy atom. The van der Waals surface area contributed by atoms with Crippen LogP contribution in [0.5, 0.6) is 5.75 Å². The number of hydrogen-bond donors (Lipinski definition) is 10. The topological polar surface area (TPSA) is 354 Å². The Hall–Kier alpha value is -7.64. The van der Waals surface area contributed by atoms with E-state index in [4.69, 9.17) is 9.15 Å². The van der Waals surface area contributed by atoms with E-state index in [1.54, 1.807) is 17.0 Å². The van der Waals surface area contributed by atoms with E-state index in [9.17, 15) is 57.5 Å². The minimum Gasteiger partial charge on any atom is -0.497 e. The molecule has 1 aliphatic heterocycles. The molecule has 5 unspecified atom stereocenters. The van der Waals surface area contributed by atoms with Gasteiger partial charge >= 0.3 is 5.63 Å². The molecular formula is C66H108N12O14. The van der Waals surface area contributed by atoms with E-state index in [0.29, 0.717) is 49.9 Å². The van der Waals surface area contributed by atoms with Gasteiger partial charge in [0.1, 0.15) is 63.7 Å². The fourth-order valence-electron chi connectivity index (χ4n) is 10.5. The molecule has 0 radical (unpaired) electrons. The molecule has 10 N–H and O–H groups in total. The summed E-state index contributed by atoms with van der Waals surface area (Å²) in [6.45, 7) is 24.8. The van der Waals surface area contributed by atoms with Crippen molar-refractivity contribution in [2.75, 3.05) is 47.4 Å². The zero-order valence-corrected chi connectivity index (χ0v) is 57.6. The molecule has 0 spiro atoms. The second-order valence-corrected chi connectivity index (χ2v) is 27.4. The predicted octanol–water partition coefficient (Wildman–Crippen LogP) is 3.61. The van der Waals surface area contributed by atoms with Crippen molar-refractivity contribution in [1.29, 1.82) is 0 Å². The molecule has 26 heteroatoms. The van der Waals surface area contributed by atoms with Crippen molar-refractivity contribution < 1.29 is 61.9 Å².